The lowest BCUT2D eigenvalue weighted by Crippen LogP contribution is -2.02. The van der Waals surface area contributed by atoms with Crippen molar-refractivity contribution in [2.24, 2.45) is 0 Å². The summed E-state index contributed by atoms with van der Waals surface area (Å²) >= 11 is 5.80. The summed E-state index contributed by atoms with van der Waals surface area (Å²) in [6.45, 7) is 0.537. The molecule has 0 spiro atoms. The van der Waals surface area contributed by atoms with Crippen molar-refractivity contribution < 1.29 is 14.6 Å². The molecule has 0 aliphatic carbocycles. The van der Waals surface area contributed by atoms with E-state index in [-0.39, 0.29) is 10.6 Å². The fourth-order valence-corrected chi connectivity index (χ4v) is 2.07. The van der Waals surface area contributed by atoms with E-state index in [1.807, 2.05) is 18.2 Å². The molecule has 0 aliphatic heterocycles. The average molecular weight is 291 g/mol. The van der Waals surface area contributed by atoms with E-state index in [1.165, 1.54) is 17.7 Å². The Kier molecular flexibility index (Phi) is 5.02. The topological polar surface area (TPSA) is 46.5 Å². The molecule has 0 aliphatic rings. The fourth-order valence-electron chi connectivity index (χ4n) is 1.87. The van der Waals surface area contributed by atoms with Gasteiger partial charge in [-0.1, -0.05) is 41.9 Å². The molecule has 3 nitrogen and oxygen atoms in total. The van der Waals surface area contributed by atoms with Crippen LogP contribution in [0.4, 0.5) is 0 Å². The second-order valence-corrected chi connectivity index (χ2v) is 4.79. The quantitative estimate of drug-likeness (QED) is 0.816. The van der Waals surface area contributed by atoms with Gasteiger partial charge in [-0.3, -0.25) is 0 Å². The molecular formula is C16H15ClO3. The van der Waals surface area contributed by atoms with Crippen LogP contribution >= 0.6 is 11.6 Å². The summed E-state index contributed by atoms with van der Waals surface area (Å²) < 4.78 is 5.55. The number of hydrogen-bond donors (Lipinski definition) is 1. The van der Waals surface area contributed by atoms with E-state index in [0.29, 0.717) is 12.4 Å². The summed E-state index contributed by atoms with van der Waals surface area (Å²) in [4.78, 5) is 10.9. The zero-order valence-electron chi connectivity index (χ0n) is 10.9. The lowest BCUT2D eigenvalue weighted by Gasteiger charge is -2.08. The Labute approximate surface area is 122 Å². The van der Waals surface area contributed by atoms with Crippen molar-refractivity contribution in [1.82, 2.24) is 0 Å². The number of carboxylic acids is 1. The largest absolute Gasteiger partial charge is 0.494 e. The highest BCUT2D eigenvalue weighted by atomic mass is 35.5. The third-order valence-corrected chi connectivity index (χ3v) is 3.22. The number of aryl methyl sites for hydroxylation is 1. The molecule has 0 radical (unpaired) electrons. The van der Waals surface area contributed by atoms with Crippen LogP contribution in [0.5, 0.6) is 5.75 Å². The van der Waals surface area contributed by atoms with Crippen molar-refractivity contribution in [2.45, 2.75) is 12.8 Å². The maximum Gasteiger partial charge on any atom is 0.337 e. The molecule has 4 heteroatoms. The number of rotatable bonds is 6. The van der Waals surface area contributed by atoms with E-state index in [1.54, 1.807) is 6.07 Å². The molecule has 0 bridgehead atoms. The van der Waals surface area contributed by atoms with Crippen LogP contribution in [-0.4, -0.2) is 17.7 Å². The van der Waals surface area contributed by atoms with Gasteiger partial charge in [0.05, 0.1) is 17.2 Å². The Morgan fingerprint density at radius 3 is 2.60 bits per heavy atom. The van der Waals surface area contributed by atoms with Gasteiger partial charge in [-0.15, -0.1) is 0 Å². The van der Waals surface area contributed by atoms with Crippen molar-refractivity contribution in [3.8, 4) is 5.75 Å². The molecule has 2 aromatic rings. The highest BCUT2D eigenvalue weighted by molar-refractivity contribution is 6.33. The number of aromatic carboxylic acids is 1. The summed E-state index contributed by atoms with van der Waals surface area (Å²) in [5, 5.41) is 9.19. The number of carbonyl (C=O) groups is 1. The second-order valence-electron chi connectivity index (χ2n) is 4.38. The SMILES string of the molecule is O=C(O)c1cc(OCCCc2ccccc2)ccc1Cl. The standard InChI is InChI=1S/C16H15ClO3/c17-15-9-8-13(11-14(15)16(18)19)20-10-4-7-12-5-2-1-3-6-12/h1-3,5-6,8-9,11H,4,7,10H2,(H,18,19). The van der Waals surface area contributed by atoms with Gasteiger partial charge >= 0.3 is 5.97 Å². The molecular weight excluding hydrogens is 276 g/mol. The first-order valence-electron chi connectivity index (χ1n) is 6.36. The lowest BCUT2D eigenvalue weighted by molar-refractivity contribution is 0.0696. The second kappa shape index (κ2) is 6.96. The van der Waals surface area contributed by atoms with E-state index in [2.05, 4.69) is 12.1 Å². The first-order valence-corrected chi connectivity index (χ1v) is 6.74. The highest BCUT2D eigenvalue weighted by Gasteiger charge is 2.09. The van der Waals surface area contributed by atoms with E-state index >= 15 is 0 Å². The van der Waals surface area contributed by atoms with Gasteiger partial charge in [-0.25, -0.2) is 4.79 Å². The molecule has 0 amide bonds. The fraction of sp³-hybridized carbons (Fsp3) is 0.188. The zero-order chi connectivity index (χ0) is 14.4. The van der Waals surface area contributed by atoms with E-state index in [9.17, 15) is 4.79 Å². The molecule has 0 heterocycles. The van der Waals surface area contributed by atoms with Crippen LogP contribution in [-0.2, 0) is 6.42 Å². The number of halogens is 1. The number of carboxylic acid groups (broad SMARTS) is 1. The minimum atomic E-state index is -1.05. The molecule has 1 N–H and O–H groups in total. The van der Waals surface area contributed by atoms with E-state index in [0.717, 1.165) is 12.8 Å². The summed E-state index contributed by atoms with van der Waals surface area (Å²) in [6.07, 6.45) is 1.80. The molecule has 2 rings (SSSR count). The van der Waals surface area contributed by atoms with Crippen molar-refractivity contribution in [2.75, 3.05) is 6.61 Å². The van der Waals surface area contributed by atoms with Crippen LogP contribution < -0.4 is 4.74 Å². The van der Waals surface area contributed by atoms with Crippen LogP contribution in [0.1, 0.15) is 22.3 Å². The molecule has 0 unspecified atom stereocenters. The molecule has 0 atom stereocenters. The van der Waals surface area contributed by atoms with Gasteiger partial charge in [0, 0.05) is 0 Å². The van der Waals surface area contributed by atoms with Crippen LogP contribution in [0.15, 0.2) is 48.5 Å². The van der Waals surface area contributed by atoms with Crippen molar-refractivity contribution >= 4 is 17.6 Å². The number of benzene rings is 2. The zero-order valence-corrected chi connectivity index (χ0v) is 11.6. The molecule has 104 valence electrons. The monoisotopic (exact) mass is 290 g/mol. The maximum absolute atomic E-state index is 10.9. The van der Waals surface area contributed by atoms with Crippen LogP contribution in [0.3, 0.4) is 0 Å². The van der Waals surface area contributed by atoms with Gasteiger partial charge < -0.3 is 9.84 Å². The maximum atomic E-state index is 10.9. The van der Waals surface area contributed by atoms with Crippen LogP contribution in [0.25, 0.3) is 0 Å². The summed E-state index contributed by atoms with van der Waals surface area (Å²) in [5.41, 5.74) is 1.32. The predicted octanol–water partition coefficient (Wildman–Crippen LogP) is 4.05. The third kappa shape index (κ3) is 4.00. The third-order valence-electron chi connectivity index (χ3n) is 2.89. The Morgan fingerprint density at radius 1 is 1.15 bits per heavy atom. The normalized spacial score (nSPS) is 10.2. The van der Waals surface area contributed by atoms with Gasteiger partial charge in [0.1, 0.15) is 5.75 Å². The summed E-state index contributed by atoms with van der Waals surface area (Å²) in [6, 6.07) is 14.8. The molecule has 0 saturated heterocycles. The number of hydrogen-bond acceptors (Lipinski definition) is 2. The average Bonchev–Trinajstić information content (AvgIpc) is 2.46. The van der Waals surface area contributed by atoms with Gasteiger partial charge in [0.15, 0.2) is 0 Å². The number of ether oxygens (including phenoxy) is 1. The van der Waals surface area contributed by atoms with Gasteiger partial charge in [0.25, 0.3) is 0 Å². The Hall–Kier alpha value is -2.00. The summed E-state index contributed by atoms with van der Waals surface area (Å²) in [7, 11) is 0. The Morgan fingerprint density at radius 2 is 1.90 bits per heavy atom. The summed E-state index contributed by atoms with van der Waals surface area (Å²) in [5.74, 6) is -0.524. The molecule has 0 fully saturated rings. The van der Waals surface area contributed by atoms with Gasteiger partial charge in [0.2, 0.25) is 0 Å². The van der Waals surface area contributed by atoms with Crippen LogP contribution in [0, 0.1) is 0 Å². The predicted molar refractivity (Wildman–Crippen MR) is 78.7 cm³/mol. The van der Waals surface area contributed by atoms with E-state index < -0.39 is 5.97 Å². The highest BCUT2D eigenvalue weighted by Crippen LogP contribution is 2.22. The van der Waals surface area contributed by atoms with Crippen molar-refractivity contribution in [3.63, 3.8) is 0 Å². The minimum absolute atomic E-state index is 0.0622. The van der Waals surface area contributed by atoms with Crippen molar-refractivity contribution in [1.29, 1.82) is 0 Å². The smallest absolute Gasteiger partial charge is 0.337 e. The Bertz CT molecular complexity index is 582. The molecule has 20 heavy (non-hydrogen) atoms. The minimum Gasteiger partial charge on any atom is -0.494 e. The first-order chi connectivity index (χ1) is 9.66. The molecule has 0 saturated carbocycles. The first kappa shape index (κ1) is 14.4. The lowest BCUT2D eigenvalue weighted by atomic mass is 10.1. The molecule has 0 aromatic heterocycles. The van der Waals surface area contributed by atoms with E-state index in [4.69, 9.17) is 21.4 Å². The van der Waals surface area contributed by atoms with Gasteiger partial charge in [-0.05, 0) is 36.6 Å². The molecule has 2 aromatic carbocycles. The van der Waals surface area contributed by atoms with Gasteiger partial charge in [-0.2, -0.15) is 0 Å². The van der Waals surface area contributed by atoms with Crippen LogP contribution in [0.2, 0.25) is 5.02 Å². The van der Waals surface area contributed by atoms with Crippen molar-refractivity contribution in [3.05, 3.63) is 64.7 Å². The Balaban J connectivity index is 1.85.